The molecule has 18 heavy (non-hydrogen) atoms. The summed E-state index contributed by atoms with van der Waals surface area (Å²) in [5, 5.41) is 7.51. The summed E-state index contributed by atoms with van der Waals surface area (Å²) in [6.07, 6.45) is 1.54. The minimum atomic E-state index is -3.51. The van der Waals surface area contributed by atoms with E-state index in [0.29, 0.717) is 10.6 Å². The van der Waals surface area contributed by atoms with Crippen LogP contribution < -0.4 is 4.72 Å². The molecule has 2 aromatic heterocycles. The topological polar surface area (TPSA) is 72.0 Å². The van der Waals surface area contributed by atoms with E-state index in [-0.39, 0.29) is 6.54 Å². The van der Waals surface area contributed by atoms with Crippen molar-refractivity contribution in [1.29, 1.82) is 0 Å². The second kappa shape index (κ2) is 5.43. The Morgan fingerprint density at radius 2 is 2.28 bits per heavy atom. The summed E-state index contributed by atoms with van der Waals surface area (Å²) in [7, 11) is -3.51. The number of nitrogens with zero attached hydrogens (tertiary/aromatic N) is 2. The Morgan fingerprint density at radius 1 is 1.50 bits per heavy atom. The van der Waals surface area contributed by atoms with Crippen molar-refractivity contribution in [2.75, 3.05) is 0 Å². The fourth-order valence-corrected chi connectivity index (χ4v) is 4.78. The van der Waals surface area contributed by atoms with Crippen LogP contribution >= 0.6 is 27.3 Å². The first-order valence-corrected chi connectivity index (χ1v) is 8.10. The molecule has 0 fully saturated rings. The van der Waals surface area contributed by atoms with Gasteiger partial charge >= 0.3 is 0 Å². The minimum absolute atomic E-state index is 0.128. The second-order valence-electron chi connectivity index (χ2n) is 3.51. The molecule has 0 radical (unpaired) electrons. The molecule has 0 atom stereocenters. The smallest absolute Gasteiger partial charge is 0.207 e. The van der Waals surface area contributed by atoms with Crippen LogP contribution in [0.4, 0.5) is 0 Å². The predicted octanol–water partition coefficient (Wildman–Crippen LogP) is 2.09. The van der Waals surface area contributed by atoms with Crippen molar-refractivity contribution in [3.05, 3.63) is 38.8 Å². The van der Waals surface area contributed by atoms with Gasteiger partial charge in [0.2, 0.25) is 10.0 Å². The van der Waals surface area contributed by atoms with Crippen LogP contribution in [0.2, 0.25) is 0 Å². The molecule has 2 aromatic rings. The van der Waals surface area contributed by atoms with Gasteiger partial charge in [-0.15, -0.1) is 11.3 Å². The zero-order valence-corrected chi connectivity index (χ0v) is 12.6. The fraction of sp³-hybridized carbons (Fsp3) is 0.200. The lowest BCUT2D eigenvalue weighted by Crippen LogP contribution is -2.24. The van der Waals surface area contributed by atoms with E-state index in [0.717, 1.165) is 8.66 Å². The highest BCUT2D eigenvalue weighted by Crippen LogP contribution is 2.29. The number of thiophene rings is 1. The molecular weight excluding hydrogens is 338 g/mol. The zero-order chi connectivity index (χ0) is 13.2. The molecule has 0 unspecified atom stereocenters. The van der Waals surface area contributed by atoms with E-state index >= 15 is 0 Å². The lowest BCUT2D eigenvalue weighted by atomic mass is 10.4. The highest BCUT2D eigenvalue weighted by molar-refractivity contribution is 9.11. The molecule has 0 amide bonds. The average Bonchev–Trinajstić information content (AvgIpc) is 2.68. The third kappa shape index (κ3) is 3.14. The largest absolute Gasteiger partial charge is 0.242 e. The first-order chi connectivity index (χ1) is 8.49. The number of hydrogen-bond donors (Lipinski definition) is 1. The van der Waals surface area contributed by atoms with Crippen molar-refractivity contribution in [1.82, 2.24) is 14.9 Å². The first kappa shape index (κ1) is 13.6. The molecule has 0 saturated heterocycles. The Kier molecular flexibility index (Phi) is 4.10. The number of hydrogen-bond acceptors (Lipinski definition) is 5. The number of sulfonamides is 1. The molecule has 0 saturated carbocycles. The van der Waals surface area contributed by atoms with Gasteiger partial charge in [-0.2, -0.15) is 10.2 Å². The van der Waals surface area contributed by atoms with Gasteiger partial charge in [-0.05, 0) is 41.1 Å². The van der Waals surface area contributed by atoms with Gasteiger partial charge in [0.25, 0.3) is 0 Å². The maximum atomic E-state index is 12.1. The van der Waals surface area contributed by atoms with Gasteiger partial charge in [0.1, 0.15) is 0 Å². The van der Waals surface area contributed by atoms with Crippen LogP contribution in [-0.2, 0) is 16.6 Å². The molecule has 0 aliphatic heterocycles. The standard InChI is InChI=1S/C10H10BrN3O2S2/c1-7-9(5-10(11)17-7)18(15,16)13-6-8-3-2-4-12-14-8/h2-5,13H,6H2,1H3. The van der Waals surface area contributed by atoms with E-state index in [9.17, 15) is 8.42 Å². The highest BCUT2D eigenvalue weighted by atomic mass is 79.9. The summed E-state index contributed by atoms with van der Waals surface area (Å²) in [5.41, 5.74) is 0.577. The van der Waals surface area contributed by atoms with Gasteiger partial charge in [0.15, 0.2) is 0 Å². The summed E-state index contributed by atoms with van der Waals surface area (Å²) in [4.78, 5) is 1.04. The Morgan fingerprint density at radius 3 is 2.83 bits per heavy atom. The molecule has 0 spiro atoms. The van der Waals surface area contributed by atoms with Crippen LogP contribution in [0, 0.1) is 6.92 Å². The van der Waals surface area contributed by atoms with Gasteiger partial charge in [-0.3, -0.25) is 0 Å². The predicted molar refractivity (Wildman–Crippen MR) is 72.8 cm³/mol. The number of nitrogens with one attached hydrogen (secondary N) is 1. The molecule has 1 N–H and O–H groups in total. The van der Waals surface area contributed by atoms with E-state index in [1.165, 1.54) is 17.5 Å². The maximum absolute atomic E-state index is 12.1. The lowest BCUT2D eigenvalue weighted by molar-refractivity contribution is 0.580. The van der Waals surface area contributed by atoms with Crippen LogP contribution in [0.15, 0.2) is 33.1 Å². The van der Waals surface area contributed by atoms with Crippen LogP contribution in [0.25, 0.3) is 0 Å². The van der Waals surface area contributed by atoms with E-state index in [2.05, 4.69) is 30.8 Å². The molecule has 8 heteroatoms. The summed E-state index contributed by atoms with van der Waals surface area (Å²) in [6, 6.07) is 5.02. The van der Waals surface area contributed by atoms with Crippen LogP contribution in [0.3, 0.4) is 0 Å². The quantitative estimate of drug-likeness (QED) is 0.918. The lowest BCUT2D eigenvalue weighted by Gasteiger charge is -2.05. The third-order valence-electron chi connectivity index (χ3n) is 2.20. The SMILES string of the molecule is Cc1sc(Br)cc1S(=O)(=O)NCc1cccnn1. The van der Waals surface area contributed by atoms with Gasteiger partial charge < -0.3 is 0 Å². The number of aryl methyl sites for hydroxylation is 1. The molecule has 96 valence electrons. The average molecular weight is 348 g/mol. The Labute approximate surface area is 117 Å². The van der Waals surface area contributed by atoms with Crippen molar-refractivity contribution >= 4 is 37.3 Å². The van der Waals surface area contributed by atoms with Crippen LogP contribution in [-0.4, -0.2) is 18.6 Å². The normalized spacial score (nSPS) is 11.7. The van der Waals surface area contributed by atoms with Gasteiger partial charge in [-0.1, -0.05) is 0 Å². The Bertz CT molecular complexity index is 640. The van der Waals surface area contributed by atoms with E-state index in [1.807, 2.05) is 0 Å². The molecule has 0 aromatic carbocycles. The highest BCUT2D eigenvalue weighted by Gasteiger charge is 2.19. The van der Waals surface area contributed by atoms with E-state index in [1.54, 1.807) is 25.1 Å². The molecule has 5 nitrogen and oxygen atoms in total. The monoisotopic (exact) mass is 347 g/mol. The summed E-state index contributed by atoms with van der Waals surface area (Å²) in [5.74, 6) is 0. The van der Waals surface area contributed by atoms with Crippen LogP contribution in [0.5, 0.6) is 0 Å². The van der Waals surface area contributed by atoms with Gasteiger partial charge in [-0.25, -0.2) is 13.1 Å². The van der Waals surface area contributed by atoms with Crippen molar-refractivity contribution < 1.29 is 8.42 Å². The summed E-state index contributed by atoms with van der Waals surface area (Å²) >= 11 is 4.66. The van der Waals surface area contributed by atoms with Crippen molar-refractivity contribution in [2.45, 2.75) is 18.4 Å². The maximum Gasteiger partial charge on any atom is 0.242 e. The number of aromatic nitrogens is 2. The van der Waals surface area contributed by atoms with E-state index < -0.39 is 10.0 Å². The molecule has 2 rings (SSSR count). The summed E-state index contributed by atoms with van der Waals surface area (Å²) in [6.45, 7) is 1.90. The molecular formula is C10H10BrN3O2S2. The molecule has 0 bridgehead atoms. The van der Waals surface area contributed by atoms with E-state index in [4.69, 9.17) is 0 Å². The molecule has 2 heterocycles. The second-order valence-corrected chi connectivity index (χ2v) is 7.88. The Hall–Kier alpha value is -0.830. The first-order valence-electron chi connectivity index (χ1n) is 5.01. The molecule has 0 aliphatic rings. The third-order valence-corrected chi connectivity index (χ3v) is 5.41. The van der Waals surface area contributed by atoms with Gasteiger partial charge in [0.05, 0.1) is 20.9 Å². The zero-order valence-electron chi connectivity index (χ0n) is 9.42. The fourth-order valence-electron chi connectivity index (χ4n) is 1.37. The Balaban J connectivity index is 2.16. The summed E-state index contributed by atoms with van der Waals surface area (Å²) < 4.78 is 27.4. The molecule has 0 aliphatic carbocycles. The number of rotatable bonds is 4. The van der Waals surface area contributed by atoms with Gasteiger partial charge in [0, 0.05) is 11.1 Å². The van der Waals surface area contributed by atoms with Crippen LogP contribution in [0.1, 0.15) is 10.6 Å². The minimum Gasteiger partial charge on any atom is -0.207 e. The van der Waals surface area contributed by atoms with Crippen molar-refractivity contribution in [2.24, 2.45) is 0 Å². The van der Waals surface area contributed by atoms with Crippen molar-refractivity contribution in [3.8, 4) is 0 Å². The van der Waals surface area contributed by atoms with Crippen molar-refractivity contribution in [3.63, 3.8) is 0 Å². The number of halogens is 1.